The van der Waals surface area contributed by atoms with Crippen LogP contribution in [0.3, 0.4) is 0 Å². The zero-order valence-corrected chi connectivity index (χ0v) is 16.4. The van der Waals surface area contributed by atoms with Gasteiger partial charge in [0.05, 0.1) is 0 Å². The van der Waals surface area contributed by atoms with Gasteiger partial charge in [0.1, 0.15) is 5.75 Å². The summed E-state index contributed by atoms with van der Waals surface area (Å²) in [5.41, 5.74) is 4.55. The van der Waals surface area contributed by atoms with Gasteiger partial charge in [-0.05, 0) is 48.2 Å². The van der Waals surface area contributed by atoms with E-state index in [1.807, 2.05) is 85.8 Å². The van der Waals surface area contributed by atoms with Crippen molar-refractivity contribution in [2.45, 2.75) is 26.9 Å². The fraction of sp³-hybridized carbons (Fsp3) is 0.208. The molecule has 3 rings (SSSR count). The maximum absolute atomic E-state index is 12.8. The van der Waals surface area contributed by atoms with Crippen molar-refractivity contribution in [3.05, 3.63) is 101 Å². The third kappa shape index (κ3) is 5.61. The zero-order valence-electron chi connectivity index (χ0n) is 16.4. The van der Waals surface area contributed by atoms with E-state index >= 15 is 0 Å². The second-order valence-electron chi connectivity index (χ2n) is 6.84. The molecule has 28 heavy (non-hydrogen) atoms. The number of carbonyl (C=O) groups excluding carboxylic acids is 1. The monoisotopic (exact) mass is 374 g/mol. The minimum Gasteiger partial charge on any atom is -0.473 e. The van der Waals surface area contributed by atoms with Crippen molar-refractivity contribution in [1.29, 1.82) is 0 Å². The highest BCUT2D eigenvalue weighted by Crippen LogP contribution is 2.16. The second kappa shape index (κ2) is 9.60. The van der Waals surface area contributed by atoms with Crippen molar-refractivity contribution in [3.63, 3.8) is 0 Å². The van der Waals surface area contributed by atoms with Crippen LogP contribution >= 0.6 is 0 Å². The van der Waals surface area contributed by atoms with Crippen LogP contribution < -0.4 is 10.1 Å². The number of carbonyl (C=O) groups is 1. The molecule has 0 spiro atoms. The fourth-order valence-corrected chi connectivity index (χ4v) is 2.90. The van der Waals surface area contributed by atoms with E-state index in [-0.39, 0.29) is 12.8 Å². The van der Waals surface area contributed by atoms with Gasteiger partial charge in [-0.25, -0.2) is 4.79 Å². The molecule has 3 aromatic carbocycles. The van der Waals surface area contributed by atoms with Gasteiger partial charge in [-0.2, -0.15) is 0 Å². The van der Waals surface area contributed by atoms with E-state index in [9.17, 15) is 4.79 Å². The molecule has 144 valence electrons. The normalized spacial score (nSPS) is 10.4. The molecule has 0 aliphatic carbocycles. The van der Waals surface area contributed by atoms with Gasteiger partial charge in [-0.3, -0.25) is 0 Å². The third-order valence-electron chi connectivity index (χ3n) is 4.66. The lowest BCUT2D eigenvalue weighted by Crippen LogP contribution is -2.40. The fourth-order valence-electron chi connectivity index (χ4n) is 2.90. The first-order valence-electron chi connectivity index (χ1n) is 9.42. The molecular formula is C24H26N2O2. The van der Waals surface area contributed by atoms with Crippen LogP contribution in [0, 0.1) is 13.8 Å². The molecule has 3 aromatic rings. The maximum atomic E-state index is 12.8. The standard InChI is InChI=1S/C24H26N2O2/c1-19-13-14-23(15-20(19)2)28-18-25-24(27)26(16-21-9-5-3-6-10-21)17-22-11-7-4-8-12-22/h3-15H,16-18H2,1-2H3,(H,25,27). The third-order valence-corrected chi connectivity index (χ3v) is 4.66. The molecule has 4 nitrogen and oxygen atoms in total. The van der Waals surface area contributed by atoms with Crippen LogP contribution in [0.4, 0.5) is 4.79 Å². The summed E-state index contributed by atoms with van der Waals surface area (Å²) in [6.45, 7) is 5.30. The maximum Gasteiger partial charge on any atom is 0.320 e. The largest absolute Gasteiger partial charge is 0.473 e. The van der Waals surface area contributed by atoms with Gasteiger partial charge >= 0.3 is 6.03 Å². The van der Waals surface area contributed by atoms with Gasteiger partial charge in [-0.15, -0.1) is 0 Å². The number of benzene rings is 3. The SMILES string of the molecule is Cc1ccc(OCNC(=O)N(Cc2ccccc2)Cc2ccccc2)cc1C. The first-order chi connectivity index (χ1) is 13.6. The molecular weight excluding hydrogens is 348 g/mol. The van der Waals surface area contributed by atoms with Crippen LogP contribution in [-0.4, -0.2) is 17.7 Å². The van der Waals surface area contributed by atoms with Gasteiger partial charge in [0.2, 0.25) is 0 Å². The summed E-state index contributed by atoms with van der Waals surface area (Å²) in [5.74, 6) is 0.751. The summed E-state index contributed by atoms with van der Waals surface area (Å²) in [4.78, 5) is 14.6. The second-order valence-corrected chi connectivity index (χ2v) is 6.84. The molecule has 0 radical (unpaired) electrons. The van der Waals surface area contributed by atoms with Crippen LogP contribution in [0.25, 0.3) is 0 Å². The number of hydrogen-bond acceptors (Lipinski definition) is 2. The van der Waals surface area contributed by atoms with Crippen LogP contribution in [0.15, 0.2) is 78.9 Å². The molecule has 0 atom stereocenters. The van der Waals surface area contributed by atoms with E-state index in [0.29, 0.717) is 13.1 Å². The quantitative estimate of drug-likeness (QED) is 0.588. The van der Waals surface area contributed by atoms with E-state index in [1.165, 1.54) is 11.1 Å². The van der Waals surface area contributed by atoms with Gasteiger partial charge < -0.3 is 15.0 Å². The Balaban J connectivity index is 1.62. The Labute approximate surface area is 166 Å². The molecule has 0 aromatic heterocycles. The number of hydrogen-bond donors (Lipinski definition) is 1. The molecule has 0 saturated heterocycles. The molecule has 0 fully saturated rings. The number of urea groups is 1. The molecule has 4 heteroatoms. The summed E-state index contributed by atoms with van der Waals surface area (Å²) >= 11 is 0. The van der Waals surface area contributed by atoms with Crippen molar-refractivity contribution in [2.75, 3.05) is 6.73 Å². The molecule has 2 amide bonds. The smallest absolute Gasteiger partial charge is 0.320 e. The number of amides is 2. The average Bonchev–Trinajstić information content (AvgIpc) is 2.71. The molecule has 0 bridgehead atoms. The molecule has 0 aliphatic heterocycles. The number of ether oxygens (including phenoxy) is 1. The summed E-state index contributed by atoms with van der Waals surface area (Å²) in [5, 5.41) is 2.87. The van der Waals surface area contributed by atoms with Gasteiger partial charge in [0.15, 0.2) is 6.73 Å². The Morgan fingerprint density at radius 1 is 0.821 bits per heavy atom. The lowest BCUT2D eigenvalue weighted by molar-refractivity contribution is 0.179. The number of rotatable bonds is 7. The Morgan fingerprint density at radius 2 is 1.39 bits per heavy atom. The summed E-state index contributed by atoms with van der Waals surface area (Å²) in [6, 6.07) is 25.7. The van der Waals surface area contributed by atoms with Crippen molar-refractivity contribution >= 4 is 6.03 Å². The summed E-state index contributed by atoms with van der Waals surface area (Å²) in [7, 11) is 0. The number of nitrogens with zero attached hydrogens (tertiary/aromatic N) is 1. The van der Waals surface area contributed by atoms with Gasteiger partial charge in [-0.1, -0.05) is 66.7 Å². The van der Waals surface area contributed by atoms with Gasteiger partial charge in [0.25, 0.3) is 0 Å². The van der Waals surface area contributed by atoms with Crippen molar-refractivity contribution in [2.24, 2.45) is 0 Å². The molecule has 0 saturated carbocycles. The minimum absolute atomic E-state index is 0.126. The predicted molar refractivity (Wildman–Crippen MR) is 112 cm³/mol. The van der Waals surface area contributed by atoms with E-state index in [4.69, 9.17) is 4.74 Å². The Kier molecular flexibility index (Phi) is 6.68. The summed E-state index contributed by atoms with van der Waals surface area (Å²) in [6.07, 6.45) is 0. The van der Waals surface area contributed by atoms with Crippen molar-refractivity contribution in [1.82, 2.24) is 10.2 Å². The Morgan fingerprint density at radius 3 is 1.93 bits per heavy atom. The van der Waals surface area contributed by atoms with E-state index in [0.717, 1.165) is 16.9 Å². The Bertz CT molecular complexity index is 853. The van der Waals surface area contributed by atoms with Crippen molar-refractivity contribution < 1.29 is 9.53 Å². The topological polar surface area (TPSA) is 41.6 Å². The highest BCUT2D eigenvalue weighted by Gasteiger charge is 2.14. The van der Waals surface area contributed by atoms with Gasteiger partial charge in [0, 0.05) is 13.1 Å². The van der Waals surface area contributed by atoms with E-state index in [1.54, 1.807) is 4.90 Å². The van der Waals surface area contributed by atoms with Crippen LogP contribution in [0.2, 0.25) is 0 Å². The highest BCUT2D eigenvalue weighted by atomic mass is 16.5. The number of aryl methyl sites for hydroxylation is 2. The van der Waals surface area contributed by atoms with E-state index < -0.39 is 0 Å². The van der Waals surface area contributed by atoms with Crippen LogP contribution in [0.5, 0.6) is 5.75 Å². The molecule has 1 N–H and O–H groups in total. The van der Waals surface area contributed by atoms with E-state index in [2.05, 4.69) is 12.2 Å². The first kappa shape index (κ1) is 19.5. The minimum atomic E-state index is -0.156. The van der Waals surface area contributed by atoms with Crippen molar-refractivity contribution in [3.8, 4) is 5.75 Å². The molecule has 0 heterocycles. The Hall–Kier alpha value is -3.27. The van der Waals surface area contributed by atoms with Crippen LogP contribution in [0.1, 0.15) is 22.3 Å². The first-order valence-corrected chi connectivity index (χ1v) is 9.42. The highest BCUT2D eigenvalue weighted by molar-refractivity contribution is 5.74. The molecule has 0 aliphatic rings. The lowest BCUT2D eigenvalue weighted by atomic mass is 10.1. The predicted octanol–water partition coefficient (Wildman–Crippen LogP) is 5.05. The number of nitrogens with one attached hydrogen (secondary N) is 1. The molecule has 0 unspecified atom stereocenters. The average molecular weight is 374 g/mol. The lowest BCUT2D eigenvalue weighted by Gasteiger charge is -2.23. The van der Waals surface area contributed by atoms with Crippen LogP contribution in [-0.2, 0) is 13.1 Å². The summed E-state index contributed by atoms with van der Waals surface area (Å²) < 4.78 is 5.70. The zero-order chi connectivity index (χ0) is 19.8.